The third-order valence-electron chi connectivity index (χ3n) is 3.48. The number of nitro groups is 1. The molecule has 0 aliphatic carbocycles. The van der Waals surface area contributed by atoms with Crippen LogP contribution in [-0.4, -0.2) is 14.7 Å². The van der Waals surface area contributed by atoms with Crippen molar-refractivity contribution in [2.75, 3.05) is 0 Å². The summed E-state index contributed by atoms with van der Waals surface area (Å²) in [6.07, 6.45) is 1.82. The fraction of sp³-hybridized carbons (Fsp3) is 0.133. The number of nitrogens with zero attached hydrogens (tertiary/aromatic N) is 3. The Bertz CT molecular complexity index is 821. The molecule has 0 radical (unpaired) electrons. The Morgan fingerprint density at radius 2 is 1.85 bits per heavy atom. The summed E-state index contributed by atoms with van der Waals surface area (Å²) in [4.78, 5) is 10.5. The predicted octanol–water partition coefficient (Wildman–Crippen LogP) is 3.46. The molecule has 0 N–H and O–H groups in total. The van der Waals surface area contributed by atoms with Gasteiger partial charge in [-0.25, -0.2) is 0 Å². The van der Waals surface area contributed by atoms with E-state index >= 15 is 0 Å². The largest absolute Gasteiger partial charge is 0.272 e. The highest BCUT2D eigenvalue weighted by atomic mass is 16.6. The van der Waals surface area contributed by atoms with E-state index in [-0.39, 0.29) is 10.6 Å². The minimum Gasteiger partial charge on any atom is -0.268 e. The van der Waals surface area contributed by atoms with Gasteiger partial charge in [0.25, 0.3) is 5.69 Å². The van der Waals surface area contributed by atoms with Crippen molar-refractivity contribution in [1.29, 1.82) is 0 Å². The molecule has 0 spiro atoms. The molecule has 5 heteroatoms. The van der Waals surface area contributed by atoms with Gasteiger partial charge in [0, 0.05) is 24.1 Å². The monoisotopic (exact) mass is 267 g/mol. The zero-order chi connectivity index (χ0) is 14.3. The normalized spacial score (nSPS) is 10.9. The molecular weight excluding hydrogens is 254 g/mol. The van der Waals surface area contributed by atoms with Gasteiger partial charge in [-0.05, 0) is 36.2 Å². The minimum absolute atomic E-state index is 0.148. The molecule has 0 atom stereocenters. The second-order valence-electron chi connectivity index (χ2n) is 4.80. The van der Waals surface area contributed by atoms with Crippen LogP contribution in [-0.2, 0) is 7.05 Å². The smallest absolute Gasteiger partial charge is 0.268 e. The molecule has 5 nitrogen and oxygen atoms in total. The Morgan fingerprint density at radius 3 is 2.55 bits per heavy atom. The molecule has 0 saturated carbocycles. The van der Waals surface area contributed by atoms with Crippen LogP contribution in [0.3, 0.4) is 0 Å². The number of nitro benzene ring substituents is 1. The van der Waals surface area contributed by atoms with E-state index in [1.54, 1.807) is 19.1 Å². The van der Waals surface area contributed by atoms with Crippen LogP contribution in [0.25, 0.3) is 22.0 Å². The summed E-state index contributed by atoms with van der Waals surface area (Å²) >= 11 is 0. The van der Waals surface area contributed by atoms with E-state index in [0.29, 0.717) is 5.56 Å². The maximum absolute atomic E-state index is 10.8. The number of aryl methyl sites for hydroxylation is 2. The summed E-state index contributed by atoms with van der Waals surface area (Å²) in [6.45, 7) is 1.75. The first-order chi connectivity index (χ1) is 9.56. The Morgan fingerprint density at radius 1 is 1.15 bits per heavy atom. The Hall–Kier alpha value is -2.69. The molecule has 1 heterocycles. The highest BCUT2D eigenvalue weighted by Gasteiger charge is 2.11. The van der Waals surface area contributed by atoms with E-state index in [0.717, 1.165) is 22.0 Å². The van der Waals surface area contributed by atoms with Crippen LogP contribution in [0.4, 0.5) is 5.69 Å². The second-order valence-corrected chi connectivity index (χ2v) is 4.80. The van der Waals surface area contributed by atoms with Crippen molar-refractivity contribution in [2.45, 2.75) is 6.92 Å². The van der Waals surface area contributed by atoms with Crippen molar-refractivity contribution < 1.29 is 4.92 Å². The van der Waals surface area contributed by atoms with Crippen LogP contribution < -0.4 is 0 Å². The lowest BCUT2D eigenvalue weighted by Gasteiger charge is -2.05. The minimum atomic E-state index is -0.358. The quantitative estimate of drug-likeness (QED) is 0.527. The van der Waals surface area contributed by atoms with Crippen LogP contribution in [0.15, 0.2) is 42.6 Å². The topological polar surface area (TPSA) is 61.0 Å². The van der Waals surface area contributed by atoms with Gasteiger partial charge in [0.05, 0.1) is 16.6 Å². The van der Waals surface area contributed by atoms with Crippen LogP contribution in [0.1, 0.15) is 5.56 Å². The molecule has 100 valence electrons. The molecule has 0 bridgehead atoms. The third-order valence-corrected chi connectivity index (χ3v) is 3.48. The Labute approximate surface area is 115 Å². The summed E-state index contributed by atoms with van der Waals surface area (Å²) in [7, 11) is 1.90. The zero-order valence-corrected chi connectivity index (χ0v) is 11.2. The van der Waals surface area contributed by atoms with E-state index in [9.17, 15) is 10.1 Å². The molecule has 1 aromatic heterocycles. The summed E-state index contributed by atoms with van der Waals surface area (Å²) in [5.74, 6) is 0. The van der Waals surface area contributed by atoms with E-state index in [4.69, 9.17) is 0 Å². The highest BCUT2D eigenvalue weighted by Crippen LogP contribution is 2.28. The maximum atomic E-state index is 10.8. The number of aromatic nitrogens is 2. The van der Waals surface area contributed by atoms with Crippen molar-refractivity contribution in [1.82, 2.24) is 9.78 Å². The summed E-state index contributed by atoms with van der Waals surface area (Å²) in [6, 6.07) is 11.2. The lowest BCUT2D eigenvalue weighted by molar-refractivity contribution is -0.385. The van der Waals surface area contributed by atoms with Crippen molar-refractivity contribution in [2.24, 2.45) is 7.05 Å². The average Bonchev–Trinajstić information content (AvgIpc) is 2.79. The summed E-state index contributed by atoms with van der Waals surface area (Å²) < 4.78 is 1.82. The van der Waals surface area contributed by atoms with Crippen LogP contribution in [0.2, 0.25) is 0 Å². The molecule has 3 rings (SSSR count). The molecule has 0 fully saturated rings. The molecule has 0 aliphatic rings. The maximum Gasteiger partial charge on any atom is 0.272 e. The fourth-order valence-electron chi connectivity index (χ4n) is 2.36. The lowest BCUT2D eigenvalue weighted by atomic mass is 10.0. The Kier molecular flexibility index (Phi) is 2.75. The molecular formula is C15H13N3O2. The Balaban J connectivity index is 2.13. The summed E-state index contributed by atoms with van der Waals surface area (Å²) in [5.41, 5.74) is 3.85. The molecule has 2 aromatic carbocycles. The van der Waals surface area contributed by atoms with E-state index in [1.165, 1.54) is 0 Å². The van der Waals surface area contributed by atoms with Crippen molar-refractivity contribution in [3.8, 4) is 11.1 Å². The number of rotatable bonds is 2. The van der Waals surface area contributed by atoms with Gasteiger partial charge in [-0.3, -0.25) is 14.8 Å². The van der Waals surface area contributed by atoms with Gasteiger partial charge in [-0.1, -0.05) is 12.1 Å². The van der Waals surface area contributed by atoms with Crippen LogP contribution >= 0.6 is 0 Å². The first-order valence-electron chi connectivity index (χ1n) is 6.23. The van der Waals surface area contributed by atoms with Gasteiger partial charge in [-0.15, -0.1) is 0 Å². The molecule has 0 saturated heterocycles. The van der Waals surface area contributed by atoms with Crippen LogP contribution in [0, 0.1) is 17.0 Å². The number of fused-ring (bicyclic) bond motifs is 1. The number of benzene rings is 2. The van der Waals surface area contributed by atoms with Gasteiger partial charge in [0.1, 0.15) is 0 Å². The standard InChI is InChI=1S/C15H13N3O2/c1-10-7-11(5-6-14(10)18(19)20)12-3-4-13-9-16-17(2)15(13)8-12/h3-9H,1-2H3. The van der Waals surface area contributed by atoms with Crippen molar-refractivity contribution in [3.05, 3.63) is 58.3 Å². The van der Waals surface area contributed by atoms with Gasteiger partial charge >= 0.3 is 0 Å². The van der Waals surface area contributed by atoms with Crippen molar-refractivity contribution >= 4 is 16.6 Å². The molecule has 3 aromatic rings. The number of hydrogen-bond donors (Lipinski definition) is 0. The second kappa shape index (κ2) is 4.45. The molecule has 0 amide bonds. The van der Waals surface area contributed by atoms with E-state index < -0.39 is 0 Å². The molecule has 0 unspecified atom stereocenters. The zero-order valence-electron chi connectivity index (χ0n) is 11.2. The number of hydrogen-bond acceptors (Lipinski definition) is 3. The molecule has 0 aliphatic heterocycles. The first kappa shape index (κ1) is 12.3. The average molecular weight is 267 g/mol. The van der Waals surface area contributed by atoms with Gasteiger partial charge in [0.2, 0.25) is 0 Å². The highest BCUT2D eigenvalue weighted by molar-refractivity contribution is 5.84. The predicted molar refractivity (Wildman–Crippen MR) is 77.5 cm³/mol. The summed E-state index contributed by atoms with van der Waals surface area (Å²) in [5, 5.41) is 16.1. The van der Waals surface area contributed by atoms with E-state index in [1.807, 2.05) is 42.2 Å². The van der Waals surface area contributed by atoms with Crippen LogP contribution in [0.5, 0.6) is 0 Å². The molecule has 20 heavy (non-hydrogen) atoms. The SMILES string of the molecule is Cc1cc(-c2ccc3cnn(C)c3c2)ccc1[N+](=O)[O-]. The lowest BCUT2D eigenvalue weighted by Crippen LogP contribution is -1.92. The van der Waals surface area contributed by atoms with Crippen molar-refractivity contribution in [3.63, 3.8) is 0 Å². The third kappa shape index (κ3) is 1.93. The van der Waals surface area contributed by atoms with Gasteiger partial charge in [0.15, 0.2) is 0 Å². The van der Waals surface area contributed by atoms with Gasteiger partial charge in [-0.2, -0.15) is 5.10 Å². The first-order valence-corrected chi connectivity index (χ1v) is 6.23. The van der Waals surface area contributed by atoms with E-state index in [2.05, 4.69) is 5.10 Å². The fourth-order valence-corrected chi connectivity index (χ4v) is 2.36. The van der Waals surface area contributed by atoms with Gasteiger partial charge < -0.3 is 0 Å².